The molecule has 0 unspecified atom stereocenters. The van der Waals surface area contributed by atoms with Gasteiger partial charge in [0.05, 0.1) is 18.8 Å². The summed E-state index contributed by atoms with van der Waals surface area (Å²) in [5.74, 6) is 1.25. The maximum Gasteiger partial charge on any atom is 0.227 e. The Morgan fingerprint density at radius 2 is 2.04 bits per heavy atom. The zero-order valence-corrected chi connectivity index (χ0v) is 14.3. The number of ether oxygens (including phenoxy) is 1. The lowest BCUT2D eigenvalue weighted by Crippen LogP contribution is -2.54. The average molecular weight is 341 g/mol. The Morgan fingerprint density at radius 3 is 2.92 bits per heavy atom. The van der Waals surface area contributed by atoms with E-state index in [2.05, 4.69) is 10.1 Å². The monoisotopic (exact) mass is 341 g/mol. The fourth-order valence-electron chi connectivity index (χ4n) is 3.82. The quantitative estimate of drug-likeness (QED) is 0.855. The van der Waals surface area contributed by atoms with Gasteiger partial charge in [0.2, 0.25) is 17.6 Å². The summed E-state index contributed by atoms with van der Waals surface area (Å²) in [4.78, 5) is 19.1. The number of aromatic nitrogens is 2. The maximum absolute atomic E-state index is 12.7. The third-order valence-corrected chi connectivity index (χ3v) is 5.11. The number of carbonyl (C=O) groups excluding carboxylic acids is 1. The van der Waals surface area contributed by atoms with Gasteiger partial charge in [-0.3, -0.25) is 4.79 Å². The van der Waals surface area contributed by atoms with Crippen molar-refractivity contribution in [3.8, 4) is 11.4 Å². The molecule has 0 bridgehead atoms. The van der Waals surface area contributed by atoms with Gasteiger partial charge < -0.3 is 14.2 Å². The van der Waals surface area contributed by atoms with E-state index in [4.69, 9.17) is 9.26 Å². The minimum atomic E-state index is 0.166. The Hall–Kier alpha value is -2.21. The van der Waals surface area contributed by atoms with E-state index >= 15 is 0 Å². The molecule has 1 aromatic heterocycles. The highest BCUT2D eigenvalue weighted by molar-refractivity contribution is 5.77. The number of morpholine rings is 1. The number of carbonyl (C=O) groups is 1. The number of amides is 1. The number of hydrogen-bond donors (Lipinski definition) is 0. The summed E-state index contributed by atoms with van der Waals surface area (Å²) in [6, 6.07) is 9.96. The van der Waals surface area contributed by atoms with Crippen LogP contribution in [0.25, 0.3) is 11.4 Å². The predicted molar refractivity (Wildman–Crippen MR) is 91.8 cm³/mol. The van der Waals surface area contributed by atoms with Crippen LogP contribution in [0, 0.1) is 0 Å². The van der Waals surface area contributed by atoms with Crippen molar-refractivity contribution in [2.45, 2.75) is 50.7 Å². The van der Waals surface area contributed by atoms with Crippen LogP contribution in [0.1, 0.15) is 38.0 Å². The number of benzene rings is 1. The summed E-state index contributed by atoms with van der Waals surface area (Å²) >= 11 is 0. The van der Waals surface area contributed by atoms with E-state index in [1.54, 1.807) is 0 Å². The Kier molecular flexibility index (Phi) is 4.78. The highest BCUT2D eigenvalue weighted by Crippen LogP contribution is 2.29. The van der Waals surface area contributed by atoms with Crippen LogP contribution in [0.5, 0.6) is 0 Å². The van der Waals surface area contributed by atoms with Crippen LogP contribution in [0.4, 0.5) is 0 Å². The van der Waals surface area contributed by atoms with Crippen LogP contribution in [-0.2, 0) is 16.0 Å². The van der Waals surface area contributed by atoms with Gasteiger partial charge in [-0.2, -0.15) is 4.98 Å². The van der Waals surface area contributed by atoms with Gasteiger partial charge in [0, 0.05) is 24.9 Å². The molecular formula is C19H23N3O3. The molecule has 2 atom stereocenters. The highest BCUT2D eigenvalue weighted by atomic mass is 16.5. The fourth-order valence-corrected chi connectivity index (χ4v) is 3.82. The topological polar surface area (TPSA) is 68.5 Å². The molecule has 1 saturated heterocycles. The number of hydrogen-bond acceptors (Lipinski definition) is 5. The van der Waals surface area contributed by atoms with Crippen LogP contribution in [0.15, 0.2) is 34.9 Å². The Labute approximate surface area is 147 Å². The lowest BCUT2D eigenvalue weighted by molar-refractivity contribution is -0.149. The Bertz CT molecular complexity index is 714. The van der Waals surface area contributed by atoms with Crippen LogP contribution in [0.2, 0.25) is 0 Å². The van der Waals surface area contributed by atoms with Gasteiger partial charge in [0.25, 0.3) is 0 Å². The van der Waals surface area contributed by atoms with Crippen molar-refractivity contribution < 1.29 is 14.1 Å². The lowest BCUT2D eigenvalue weighted by Gasteiger charge is -2.43. The normalized spacial score (nSPS) is 23.3. The molecule has 132 valence electrons. The molecule has 6 heteroatoms. The Balaban J connectivity index is 1.36. The predicted octanol–water partition coefficient (Wildman–Crippen LogP) is 2.84. The number of aryl methyl sites for hydroxylation is 1. The van der Waals surface area contributed by atoms with Crippen molar-refractivity contribution in [1.82, 2.24) is 15.0 Å². The third kappa shape index (κ3) is 3.58. The second-order valence-electron chi connectivity index (χ2n) is 6.73. The molecule has 1 saturated carbocycles. The van der Waals surface area contributed by atoms with E-state index in [9.17, 15) is 4.79 Å². The second-order valence-corrected chi connectivity index (χ2v) is 6.73. The van der Waals surface area contributed by atoms with E-state index in [1.165, 1.54) is 12.8 Å². The van der Waals surface area contributed by atoms with Crippen LogP contribution in [-0.4, -0.2) is 46.2 Å². The molecule has 1 aliphatic carbocycles. The van der Waals surface area contributed by atoms with Crippen LogP contribution < -0.4 is 0 Å². The van der Waals surface area contributed by atoms with Gasteiger partial charge in [-0.05, 0) is 12.8 Å². The van der Waals surface area contributed by atoms with E-state index < -0.39 is 0 Å². The van der Waals surface area contributed by atoms with Gasteiger partial charge >= 0.3 is 0 Å². The van der Waals surface area contributed by atoms with Gasteiger partial charge in [-0.15, -0.1) is 0 Å². The summed E-state index contributed by atoms with van der Waals surface area (Å²) in [5, 5.41) is 4.01. The average Bonchev–Trinajstić information content (AvgIpc) is 3.15. The molecule has 25 heavy (non-hydrogen) atoms. The SMILES string of the molecule is O=C(CCc1nc(-c2ccccc2)no1)N1CCO[C@@H]2CCCC[C@@H]21. The number of rotatable bonds is 4. The molecule has 1 amide bonds. The first-order valence-corrected chi connectivity index (χ1v) is 9.10. The maximum atomic E-state index is 12.7. The summed E-state index contributed by atoms with van der Waals surface area (Å²) in [5.41, 5.74) is 0.919. The molecule has 2 fully saturated rings. The summed E-state index contributed by atoms with van der Waals surface area (Å²) in [6.45, 7) is 1.34. The number of nitrogens with zero attached hydrogens (tertiary/aromatic N) is 3. The lowest BCUT2D eigenvalue weighted by atomic mass is 9.90. The van der Waals surface area contributed by atoms with Crippen molar-refractivity contribution in [2.24, 2.45) is 0 Å². The van der Waals surface area contributed by atoms with Crippen molar-refractivity contribution >= 4 is 5.91 Å². The highest BCUT2D eigenvalue weighted by Gasteiger charge is 2.36. The van der Waals surface area contributed by atoms with Crippen molar-refractivity contribution in [2.75, 3.05) is 13.2 Å². The zero-order chi connectivity index (χ0) is 17.1. The van der Waals surface area contributed by atoms with Crippen molar-refractivity contribution in [1.29, 1.82) is 0 Å². The molecule has 0 radical (unpaired) electrons. The molecular weight excluding hydrogens is 318 g/mol. The fraction of sp³-hybridized carbons (Fsp3) is 0.526. The van der Waals surface area contributed by atoms with Gasteiger partial charge in [0.1, 0.15) is 0 Å². The molecule has 4 rings (SSSR count). The largest absolute Gasteiger partial charge is 0.374 e. The molecule has 1 aliphatic heterocycles. The van der Waals surface area contributed by atoms with E-state index in [1.807, 2.05) is 35.2 Å². The summed E-state index contributed by atoms with van der Waals surface area (Å²) in [7, 11) is 0. The molecule has 1 aromatic carbocycles. The van der Waals surface area contributed by atoms with Crippen LogP contribution >= 0.6 is 0 Å². The molecule has 2 heterocycles. The molecule has 6 nitrogen and oxygen atoms in total. The summed E-state index contributed by atoms with van der Waals surface area (Å²) < 4.78 is 11.1. The smallest absolute Gasteiger partial charge is 0.227 e. The van der Waals surface area contributed by atoms with Crippen LogP contribution in [0.3, 0.4) is 0 Å². The first kappa shape index (κ1) is 16.3. The van der Waals surface area contributed by atoms with Crippen molar-refractivity contribution in [3.63, 3.8) is 0 Å². The standard InChI is InChI=1S/C19H23N3O3/c23-18(22-12-13-24-16-9-5-4-8-15(16)22)11-10-17-20-19(21-25-17)14-6-2-1-3-7-14/h1-3,6-7,15-16H,4-5,8-13H2/t15-,16+/m0/s1. The van der Waals surface area contributed by atoms with E-state index in [-0.39, 0.29) is 18.1 Å². The minimum Gasteiger partial charge on any atom is -0.374 e. The van der Waals surface area contributed by atoms with Gasteiger partial charge in [0.15, 0.2) is 0 Å². The van der Waals surface area contributed by atoms with Gasteiger partial charge in [-0.25, -0.2) is 0 Å². The van der Waals surface area contributed by atoms with E-state index in [0.29, 0.717) is 37.7 Å². The summed E-state index contributed by atoms with van der Waals surface area (Å²) in [6.07, 6.45) is 5.60. The van der Waals surface area contributed by atoms with E-state index in [0.717, 1.165) is 18.4 Å². The first-order valence-electron chi connectivity index (χ1n) is 9.10. The Morgan fingerprint density at radius 1 is 1.20 bits per heavy atom. The third-order valence-electron chi connectivity index (χ3n) is 5.11. The first-order chi connectivity index (χ1) is 12.3. The van der Waals surface area contributed by atoms with Crippen molar-refractivity contribution in [3.05, 3.63) is 36.2 Å². The molecule has 0 spiro atoms. The molecule has 2 aromatic rings. The number of fused-ring (bicyclic) bond motifs is 1. The molecule has 2 aliphatic rings. The second kappa shape index (κ2) is 7.35. The zero-order valence-electron chi connectivity index (χ0n) is 14.3. The minimum absolute atomic E-state index is 0.166. The van der Waals surface area contributed by atoms with Gasteiger partial charge in [-0.1, -0.05) is 48.3 Å². The molecule has 0 N–H and O–H groups in total.